The summed E-state index contributed by atoms with van der Waals surface area (Å²) in [4.78, 5) is 11.7. The van der Waals surface area contributed by atoms with Crippen LogP contribution in [0.15, 0.2) is 60.9 Å². The highest BCUT2D eigenvalue weighted by Gasteiger charge is 2.44. The van der Waals surface area contributed by atoms with Crippen molar-refractivity contribution in [3.63, 3.8) is 0 Å². The molecule has 2 unspecified atom stereocenters. The number of nitrogens with zero attached hydrogens (tertiary/aromatic N) is 2. The molecule has 1 aromatic heterocycles. The van der Waals surface area contributed by atoms with Crippen molar-refractivity contribution in [2.45, 2.75) is 50.4 Å². The maximum atomic E-state index is 13.6. The Balaban J connectivity index is 1.42. The molecule has 4 rings (SSSR count). The molecule has 1 aliphatic carbocycles. The maximum absolute atomic E-state index is 13.6. The number of amides is 1. The van der Waals surface area contributed by atoms with Gasteiger partial charge in [-0.15, -0.1) is 0 Å². The molecular weight excluding hydrogens is 426 g/mol. The molecule has 6 nitrogen and oxygen atoms in total. The van der Waals surface area contributed by atoms with Crippen molar-refractivity contribution in [3.05, 3.63) is 89.2 Å². The Morgan fingerprint density at radius 3 is 2.55 bits per heavy atom. The summed E-state index contributed by atoms with van der Waals surface area (Å²) in [6, 6.07) is 12.7. The van der Waals surface area contributed by atoms with Crippen LogP contribution in [0.1, 0.15) is 36.5 Å². The van der Waals surface area contributed by atoms with E-state index < -0.39 is 23.8 Å². The molecule has 8 heteroatoms. The number of aliphatic hydroxyl groups excluding tert-OH is 1. The lowest BCUT2D eigenvalue weighted by molar-refractivity contribution is -0.120. The van der Waals surface area contributed by atoms with Crippen molar-refractivity contribution in [2.75, 3.05) is 6.54 Å². The molecule has 1 saturated carbocycles. The molecule has 3 aromatic rings. The average molecular weight is 455 g/mol. The third kappa shape index (κ3) is 6.03. The fourth-order valence-corrected chi connectivity index (χ4v) is 4.21. The van der Waals surface area contributed by atoms with Crippen LogP contribution < -0.4 is 10.6 Å². The second-order valence-corrected chi connectivity index (χ2v) is 8.72. The van der Waals surface area contributed by atoms with Crippen molar-refractivity contribution < 1.29 is 18.7 Å². The van der Waals surface area contributed by atoms with Crippen molar-refractivity contribution in [1.82, 2.24) is 20.4 Å². The summed E-state index contributed by atoms with van der Waals surface area (Å²) in [5, 5.41) is 21.3. The van der Waals surface area contributed by atoms with E-state index in [9.17, 15) is 18.7 Å². The minimum atomic E-state index is -0.940. The van der Waals surface area contributed by atoms with Crippen LogP contribution in [0.25, 0.3) is 0 Å². The summed E-state index contributed by atoms with van der Waals surface area (Å²) in [7, 11) is 0. The van der Waals surface area contributed by atoms with E-state index in [2.05, 4.69) is 33.9 Å². The molecule has 0 saturated heterocycles. The van der Waals surface area contributed by atoms with Gasteiger partial charge in [0.2, 0.25) is 5.91 Å². The van der Waals surface area contributed by atoms with Gasteiger partial charge in [-0.05, 0) is 54.2 Å². The average Bonchev–Trinajstić information content (AvgIpc) is 3.38. The number of hydrogen-bond donors (Lipinski definition) is 3. The number of hydrogen-bond acceptors (Lipinski definition) is 4. The van der Waals surface area contributed by atoms with Crippen LogP contribution in [0.4, 0.5) is 8.78 Å². The van der Waals surface area contributed by atoms with Crippen LogP contribution in [0.2, 0.25) is 0 Å². The van der Waals surface area contributed by atoms with Gasteiger partial charge in [0.25, 0.3) is 0 Å². The molecule has 0 bridgehead atoms. The van der Waals surface area contributed by atoms with E-state index in [-0.39, 0.29) is 24.4 Å². The van der Waals surface area contributed by atoms with Gasteiger partial charge < -0.3 is 15.7 Å². The molecule has 0 radical (unpaired) electrons. The van der Waals surface area contributed by atoms with E-state index in [1.165, 1.54) is 19.1 Å². The fourth-order valence-electron chi connectivity index (χ4n) is 4.21. The number of nitrogens with one attached hydrogen (secondary N) is 2. The normalized spacial score (nSPS) is 16.2. The Morgan fingerprint density at radius 2 is 1.91 bits per heavy atom. The lowest BCUT2D eigenvalue weighted by Crippen LogP contribution is -2.49. The Labute approximate surface area is 191 Å². The molecule has 3 N–H and O–H groups in total. The van der Waals surface area contributed by atoms with Crippen LogP contribution in [0.3, 0.4) is 0 Å². The third-order valence-corrected chi connectivity index (χ3v) is 6.01. The molecule has 1 fully saturated rings. The van der Waals surface area contributed by atoms with Gasteiger partial charge >= 0.3 is 0 Å². The van der Waals surface area contributed by atoms with Crippen LogP contribution in [0.5, 0.6) is 0 Å². The zero-order valence-electron chi connectivity index (χ0n) is 18.5. The van der Waals surface area contributed by atoms with E-state index in [1.807, 2.05) is 23.0 Å². The van der Waals surface area contributed by atoms with E-state index in [0.29, 0.717) is 12.1 Å². The summed E-state index contributed by atoms with van der Waals surface area (Å²) >= 11 is 0. The summed E-state index contributed by atoms with van der Waals surface area (Å²) < 4.78 is 29.0. The molecular formula is C25H28F2N4O2. The van der Waals surface area contributed by atoms with Gasteiger partial charge in [-0.2, -0.15) is 5.10 Å². The van der Waals surface area contributed by atoms with Gasteiger partial charge in [-0.3, -0.25) is 9.48 Å². The Hall–Kier alpha value is -3.10. The number of carbonyl (C=O) groups is 1. The molecule has 1 heterocycles. The predicted molar refractivity (Wildman–Crippen MR) is 120 cm³/mol. The molecule has 1 aliphatic rings. The van der Waals surface area contributed by atoms with Gasteiger partial charge in [0, 0.05) is 37.5 Å². The number of halogens is 2. The summed E-state index contributed by atoms with van der Waals surface area (Å²) in [6.45, 7) is 2.26. The number of rotatable bonds is 10. The quantitative estimate of drug-likeness (QED) is 0.440. The highest BCUT2D eigenvalue weighted by molar-refractivity contribution is 5.73. The highest BCUT2D eigenvalue weighted by atomic mass is 19.1. The number of benzene rings is 2. The Bertz CT molecular complexity index is 1080. The van der Waals surface area contributed by atoms with E-state index in [0.717, 1.165) is 30.0 Å². The first-order chi connectivity index (χ1) is 15.8. The first-order valence-corrected chi connectivity index (χ1v) is 11.0. The molecule has 2 aromatic carbocycles. The first-order valence-electron chi connectivity index (χ1n) is 11.0. The van der Waals surface area contributed by atoms with E-state index >= 15 is 0 Å². The van der Waals surface area contributed by atoms with Gasteiger partial charge in [-0.1, -0.05) is 24.3 Å². The van der Waals surface area contributed by atoms with Crippen molar-refractivity contribution in [1.29, 1.82) is 0 Å². The summed E-state index contributed by atoms with van der Waals surface area (Å²) in [6.07, 6.45) is 4.71. The van der Waals surface area contributed by atoms with Crippen molar-refractivity contribution >= 4 is 5.91 Å². The molecule has 0 aliphatic heterocycles. The van der Waals surface area contributed by atoms with Gasteiger partial charge in [0.1, 0.15) is 11.6 Å². The lowest BCUT2D eigenvalue weighted by Gasteiger charge is -2.27. The molecule has 33 heavy (non-hydrogen) atoms. The topological polar surface area (TPSA) is 79.2 Å². The zero-order valence-corrected chi connectivity index (χ0v) is 18.5. The minimum Gasteiger partial charge on any atom is -0.390 e. The standard InChI is InChI=1S/C25H28F2N4O2/c1-17(32)30-23(13-19-11-21(26)14-22(27)12-19)24(33)15-28-25(6-7-25)20-5-2-4-18(10-20)16-31-9-3-8-29-31/h2-5,8-12,14,23-24,28,33H,6-7,13,15-16H2,1H3,(H,30,32). The molecule has 1 amide bonds. The maximum Gasteiger partial charge on any atom is 0.217 e. The fraction of sp³-hybridized carbons (Fsp3) is 0.360. The Kier molecular flexibility index (Phi) is 6.85. The largest absolute Gasteiger partial charge is 0.390 e. The van der Waals surface area contributed by atoms with Gasteiger partial charge in [0.05, 0.1) is 18.7 Å². The smallest absolute Gasteiger partial charge is 0.217 e. The van der Waals surface area contributed by atoms with Crippen molar-refractivity contribution in [3.8, 4) is 0 Å². The minimum absolute atomic E-state index is 0.115. The molecule has 0 spiro atoms. The lowest BCUT2D eigenvalue weighted by atomic mass is 9.98. The zero-order chi connectivity index (χ0) is 23.4. The number of carbonyl (C=O) groups excluding carboxylic acids is 1. The SMILES string of the molecule is CC(=O)NC(Cc1cc(F)cc(F)c1)C(O)CNC1(c2cccc(Cn3cccn3)c2)CC1. The summed E-state index contributed by atoms with van der Waals surface area (Å²) in [5.74, 6) is -1.69. The highest BCUT2D eigenvalue weighted by Crippen LogP contribution is 2.45. The van der Waals surface area contributed by atoms with E-state index in [4.69, 9.17) is 0 Å². The van der Waals surface area contributed by atoms with Crippen LogP contribution in [-0.4, -0.2) is 39.5 Å². The first kappa shape index (κ1) is 23.1. The molecule has 2 atom stereocenters. The second kappa shape index (κ2) is 9.80. The van der Waals surface area contributed by atoms with Crippen LogP contribution in [-0.2, 0) is 23.3 Å². The summed E-state index contributed by atoms with van der Waals surface area (Å²) in [5.41, 5.74) is 2.42. The van der Waals surface area contributed by atoms with Crippen LogP contribution in [0, 0.1) is 11.6 Å². The number of aromatic nitrogens is 2. The number of aliphatic hydroxyl groups is 1. The van der Waals surface area contributed by atoms with E-state index in [1.54, 1.807) is 6.20 Å². The second-order valence-electron chi connectivity index (χ2n) is 8.72. The van der Waals surface area contributed by atoms with Crippen molar-refractivity contribution in [2.24, 2.45) is 0 Å². The Morgan fingerprint density at radius 1 is 1.15 bits per heavy atom. The monoisotopic (exact) mass is 454 g/mol. The third-order valence-electron chi connectivity index (χ3n) is 6.01. The molecule has 174 valence electrons. The van der Waals surface area contributed by atoms with Gasteiger partial charge in [-0.25, -0.2) is 8.78 Å². The predicted octanol–water partition coefficient (Wildman–Crippen LogP) is 2.90. The van der Waals surface area contributed by atoms with Crippen LogP contribution >= 0.6 is 0 Å². The van der Waals surface area contributed by atoms with Gasteiger partial charge in [0.15, 0.2) is 0 Å².